The first-order valence-electron chi connectivity index (χ1n) is 8.31. The van der Waals surface area contributed by atoms with Crippen molar-refractivity contribution in [2.75, 3.05) is 16.4 Å². The van der Waals surface area contributed by atoms with Crippen molar-refractivity contribution in [3.05, 3.63) is 23.8 Å². The number of carbonyl (C=O) groups is 2. The van der Waals surface area contributed by atoms with E-state index in [-0.39, 0.29) is 0 Å². The molecular formula is C17H20N4O3S2. The molecule has 2 amide bonds. The van der Waals surface area contributed by atoms with Crippen LogP contribution in [0, 0.1) is 6.92 Å². The maximum Gasteiger partial charge on any atom is 0.280 e. The SMILES string of the molecule is CCCCSc1nnc(NC(=O)C2(C)Oc3ccc(C)cc3NC2=O)s1. The van der Waals surface area contributed by atoms with E-state index >= 15 is 0 Å². The van der Waals surface area contributed by atoms with Gasteiger partial charge in [0.1, 0.15) is 5.75 Å². The summed E-state index contributed by atoms with van der Waals surface area (Å²) in [6.45, 7) is 5.48. The Morgan fingerprint density at radius 2 is 2.23 bits per heavy atom. The highest BCUT2D eigenvalue weighted by Crippen LogP contribution is 2.35. The predicted octanol–water partition coefficient (Wildman–Crippen LogP) is 3.47. The fourth-order valence-electron chi connectivity index (χ4n) is 2.33. The van der Waals surface area contributed by atoms with Gasteiger partial charge >= 0.3 is 0 Å². The largest absolute Gasteiger partial charge is 0.466 e. The molecule has 9 heteroatoms. The van der Waals surface area contributed by atoms with E-state index in [1.165, 1.54) is 18.3 Å². The van der Waals surface area contributed by atoms with E-state index in [0.717, 1.165) is 28.5 Å². The van der Waals surface area contributed by atoms with Crippen molar-refractivity contribution in [2.24, 2.45) is 0 Å². The zero-order valence-electron chi connectivity index (χ0n) is 14.8. The van der Waals surface area contributed by atoms with Crippen LogP contribution in [0.5, 0.6) is 5.75 Å². The van der Waals surface area contributed by atoms with Gasteiger partial charge in [0.25, 0.3) is 17.4 Å². The highest BCUT2D eigenvalue weighted by Gasteiger charge is 2.47. The van der Waals surface area contributed by atoms with E-state index in [2.05, 4.69) is 27.8 Å². The topological polar surface area (TPSA) is 93.2 Å². The molecule has 0 bridgehead atoms. The molecule has 1 aromatic heterocycles. The van der Waals surface area contributed by atoms with Crippen LogP contribution >= 0.6 is 23.1 Å². The number of ether oxygens (including phenoxy) is 1. The molecular weight excluding hydrogens is 372 g/mol. The third-order valence-corrected chi connectivity index (χ3v) is 5.97. The Hall–Kier alpha value is -2.13. The number of benzene rings is 1. The predicted molar refractivity (Wildman–Crippen MR) is 103 cm³/mol. The van der Waals surface area contributed by atoms with Gasteiger partial charge in [0.05, 0.1) is 5.69 Å². The van der Waals surface area contributed by atoms with Gasteiger partial charge in [-0.2, -0.15) is 0 Å². The van der Waals surface area contributed by atoms with Gasteiger partial charge in [0.15, 0.2) is 4.34 Å². The molecule has 26 heavy (non-hydrogen) atoms. The van der Waals surface area contributed by atoms with Gasteiger partial charge in [0, 0.05) is 5.75 Å². The van der Waals surface area contributed by atoms with Crippen molar-refractivity contribution >= 4 is 45.7 Å². The minimum absolute atomic E-state index is 0.348. The fraction of sp³-hybridized carbons (Fsp3) is 0.412. The molecule has 1 unspecified atom stereocenters. The Morgan fingerprint density at radius 1 is 1.42 bits per heavy atom. The number of amides is 2. The van der Waals surface area contributed by atoms with Crippen molar-refractivity contribution in [2.45, 2.75) is 43.6 Å². The zero-order chi connectivity index (χ0) is 18.7. The van der Waals surface area contributed by atoms with Crippen molar-refractivity contribution in [1.29, 1.82) is 0 Å². The molecule has 0 spiro atoms. The number of hydrogen-bond acceptors (Lipinski definition) is 7. The van der Waals surface area contributed by atoms with E-state index in [1.807, 2.05) is 13.0 Å². The summed E-state index contributed by atoms with van der Waals surface area (Å²) in [5.41, 5.74) is -0.128. The maximum atomic E-state index is 12.7. The van der Waals surface area contributed by atoms with E-state index in [9.17, 15) is 9.59 Å². The van der Waals surface area contributed by atoms with Gasteiger partial charge in [-0.05, 0) is 38.0 Å². The highest BCUT2D eigenvalue weighted by atomic mass is 32.2. The van der Waals surface area contributed by atoms with E-state index in [4.69, 9.17) is 4.74 Å². The molecule has 0 saturated heterocycles. The number of unbranched alkanes of at least 4 members (excludes halogenated alkanes) is 1. The lowest BCUT2D eigenvalue weighted by Crippen LogP contribution is -2.56. The quantitative estimate of drug-likeness (QED) is 0.338. The second-order valence-corrected chi connectivity index (χ2v) is 8.44. The summed E-state index contributed by atoms with van der Waals surface area (Å²) in [6, 6.07) is 5.40. The Morgan fingerprint density at radius 3 is 3.00 bits per heavy atom. The summed E-state index contributed by atoms with van der Waals surface area (Å²) in [6.07, 6.45) is 2.21. The molecule has 0 fully saturated rings. The van der Waals surface area contributed by atoms with Gasteiger partial charge in [0.2, 0.25) is 5.13 Å². The summed E-state index contributed by atoms with van der Waals surface area (Å²) < 4.78 is 6.52. The van der Waals surface area contributed by atoms with Crippen LogP contribution in [0.2, 0.25) is 0 Å². The molecule has 0 radical (unpaired) electrons. The smallest absolute Gasteiger partial charge is 0.280 e. The molecule has 7 nitrogen and oxygen atoms in total. The standard InChI is InChI=1S/C17H20N4O3S2/c1-4-5-8-25-16-21-20-15(26-16)19-14(23)17(3)13(22)18-11-9-10(2)6-7-12(11)24-17/h6-7,9H,4-5,8H2,1-3H3,(H,18,22)(H,19,20,23). The van der Waals surface area contributed by atoms with Crippen LogP contribution in [0.25, 0.3) is 0 Å². The molecule has 0 aliphatic carbocycles. The summed E-state index contributed by atoms with van der Waals surface area (Å²) in [7, 11) is 0. The third-order valence-electron chi connectivity index (χ3n) is 3.91. The number of nitrogens with zero attached hydrogens (tertiary/aromatic N) is 2. The van der Waals surface area contributed by atoms with Gasteiger partial charge in [-0.3, -0.25) is 14.9 Å². The van der Waals surface area contributed by atoms with Crippen LogP contribution in [-0.2, 0) is 9.59 Å². The minimum atomic E-state index is -1.68. The first-order chi connectivity index (χ1) is 12.4. The second-order valence-electron chi connectivity index (χ2n) is 6.12. The van der Waals surface area contributed by atoms with Crippen LogP contribution in [0.4, 0.5) is 10.8 Å². The van der Waals surface area contributed by atoms with Crippen molar-refractivity contribution in [3.63, 3.8) is 0 Å². The first-order valence-corrected chi connectivity index (χ1v) is 10.1. The lowest BCUT2D eigenvalue weighted by Gasteiger charge is -2.33. The van der Waals surface area contributed by atoms with Crippen LogP contribution in [-0.4, -0.2) is 33.4 Å². The molecule has 2 aromatic rings. The minimum Gasteiger partial charge on any atom is -0.466 e. The lowest BCUT2D eigenvalue weighted by molar-refractivity contribution is -0.143. The number of anilines is 2. The number of nitrogens with one attached hydrogen (secondary N) is 2. The summed E-state index contributed by atoms with van der Waals surface area (Å²) >= 11 is 2.89. The summed E-state index contributed by atoms with van der Waals surface area (Å²) in [5, 5.41) is 13.7. The van der Waals surface area contributed by atoms with Crippen molar-refractivity contribution in [3.8, 4) is 5.75 Å². The van der Waals surface area contributed by atoms with Crippen LogP contribution in [0.3, 0.4) is 0 Å². The van der Waals surface area contributed by atoms with Crippen molar-refractivity contribution in [1.82, 2.24) is 10.2 Å². The molecule has 3 rings (SSSR count). The van der Waals surface area contributed by atoms with Gasteiger partial charge < -0.3 is 10.1 Å². The molecule has 1 aliphatic rings. The molecule has 2 heterocycles. The second kappa shape index (κ2) is 7.63. The number of carbonyl (C=O) groups excluding carboxylic acids is 2. The van der Waals surface area contributed by atoms with Crippen LogP contribution in [0.1, 0.15) is 32.3 Å². The van der Waals surface area contributed by atoms with Gasteiger partial charge in [-0.25, -0.2) is 0 Å². The van der Waals surface area contributed by atoms with E-state index in [0.29, 0.717) is 16.6 Å². The number of hydrogen-bond donors (Lipinski definition) is 2. The first kappa shape index (κ1) is 18.7. The Labute approximate surface area is 159 Å². The third kappa shape index (κ3) is 3.83. The molecule has 0 saturated carbocycles. The Bertz CT molecular complexity index is 839. The van der Waals surface area contributed by atoms with Gasteiger partial charge in [-0.1, -0.05) is 42.5 Å². The normalized spacial score (nSPS) is 18.7. The molecule has 138 valence electrons. The Kier molecular flexibility index (Phi) is 5.47. The van der Waals surface area contributed by atoms with Crippen LogP contribution in [0.15, 0.2) is 22.5 Å². The molecule has 1 atom stereocenters. The van der Waals surface area contributed by atoms with Crippen LogP contribution < -0.4 is 15.4 Å². The average Bonchev–Trinajstić information content (AvgIpc) is 3.04. The van der Waals surface area contributed by atoms with E-state index < -0.39 is 17.4 Å². The number of aromatic nitrogens is 2. The zero-order valence-corrected chi connectivity index (χ0v) is 16.4. The summed E-state index contributed by atoms with van der Waals surface area (Å²) in [4.78, 5) is 25.1. The number of fused-ring (bicyclic) bond motifs is 1. The number of aryl methyl sites for hydroxylation is 1. The van der Waals surface area contributed by atoms with E-state index in [1.54, 1.807) is 23.9 Å². The van der Waals surface area contributed by atoms with Gasteiger partial charge in [-0.15, -0.1) is 10.2 Å². The monoisotopic (exact) mass is 392 g/mol. The average molecular weight is 393 g/mol. The molecule has 1 aromatic carbocycles. The summed E-state index contributed by atoms with van der Waals surface area (Å²) in [5.74, 6) is 0.317. The maximum absolute atomic E-state index is 12.7. The molecule has 2 N–H and O–H groups in total. The van der Waals surface area contributed by atoms with Crippen molar-refractivity contribution < 1.29 is 14.3 Å². The highest BCUT2D eigenvalue weighted by molar-refractivity contribution is 8.01. The number of rotatable bonds is 6. The lowest BCUT2D eigenvalue weighted by atomic mass is 10.0. The molecule has 1 aliphatic heterocycles. The Balaban J connectivity index is 1.71. The fourth-order valence-corrected chi connectivity index (χ4v) is 4.23. The number of thioether (sulfide) groups is 1.